The summed E-state index contributed by atoms with van der Waals surface area (Å²) < 4.78 is 34.5. The molecule has 0 atom stereocenters. The summed E-state index contributed by atoms with van der Waals surface area (Å²) in [5, 5.41) is 4.03. The average Bonchev–Trinajstić information content (AvgIpc) is 3.16. The van der Waals surface area contributed by atoms with Crippen LogP contribution in [0.25, 0.3) is 11.4 Å². The van der Waals surface area contributed by atoms with Gasteiger partial charge in [0.05, 0.1) is 26.5 Å². The number of methoxy groups -OCH3 is 1. The van der Waals surface area contributed by atoms with Crippen molar-refractivity contribution in [3.63, 3.8) is 0 Å². The van der Waals surface area contributed by atoms with Gasteiger partial charge in [-0.1, -0.05) is 5.16 Å². The molecule has 2 aromatic rings. The van der Waals surface area contributed by atoms with Crippen molar-refractivity contribution < 1.29 is 22.5 Å². The van der Waals surface area contributed by atoms with E-state index in [1.165, 1.54) is 7.05 Å². The quantitative estimate of drug-likeness (QED) is 0.625. The van der Waals surface area contributed by atoms with Gasteiger partial charge in [0.1, 0.15) is 5.75 Å². The number of nitrogens with zero attached hydrogens (tertiary/aromatic N) is 5. The molecule has 3 rings (SSSR count). The van der Waals surface area contributed by atoms with Gasteiger partial charge >= 0.3 is 0 Å². The molecule has 1 aromatic carbocycles. The van der Waals surface area contributed by atoms with Gasteiger partial charge in [-0.2, -0.15) is 9.29 Å². The molecule has 1 aliphatic rings. The molecule has 1 amide bonds. The molecule has 1 fully saturated rings. The first-order valence-electron chi connectivity index (χ1n) is 9.14. The van der Waals surface area contributed by atoms with E-state index in [1.54, 1.807) is 12.0 Å². The van der Waals surface area contributed by atoms with Crippen LogP contribution in [0.5, 0.6) is 5.75 Å². The number of amides is 1. The number of ether oxygens (including phenoxy) is 1. The average molecular weight is 423 g/mol. The van der Waals surface area contributed by atoms with Crippen LogP contribution in [-0.2, 0) is 21.4 Å². The Morgan fingerprint density at radius 1 is 1.21 bits per heavy atom. The van der Waals surface area contributed by atoms with E-state index in [2.05, 4.69) is 15.0 Å². The molecular weight excluding hydrogens is 398 g/mol. The Balaban J connectivity index is 1.51. The van der Waals surface area contributed by atoms with Gasteiger partial charge < -0.3 is 14.2 Å². The molecule has 1 aromatic heterocycles. The molecule has 0 aliphatic carbocycles. The molecule has 11 heteroatoms. The van der Waals surface area contributed by atoms with Crippen molar-refractivity contribution in [1.29, 1.82) is 0 Å². The lowest BCUT2D eigenvalue weighted by atomic mass is 10.2. The molecular formula is C18H25N5O5S. The van der Waals surface area contributed by atoms with E-state index in [0.717, 1.165) is 21.9 Å². The fraction of sp³-hybridized carbons (Fsp3) is 0.500. The molecule has 2 heterocycles. The third-order valence-electron chi connectivity index (χ3n) is 4.82. The third kappa shape index (κ3) is 5.52. The van der Waals surface area contributed by atoms with Crippen molar-refractivity contribution >= 4 is 15.9 Å². The van der Waals surface area contributed by atoms with Gasteiger partial charge in [-0.05, 0) is 24.3 Å². The number of carbonyl (C=O) groups is 1. The van der Waals surface area contributed by atoms with Gasteiger partial charge in [0.25, 0.3) is 0 Å². The SMILES string of the molecule is COc1ccc(-c2noc(CN3CCN(C(=O)CN(C)S(C)(=O)=O)CC3)n2)cc1. The summed E-state index contributed by atoms with van der Waals surface area (Å²) in [6, 6.07) is 7.41. The van der Waals surface area contributed by atoms with Crippen molar-refractivity contribution in [2.45, 2.75) is 6.54 Å². The van der Waals surface area contributed by atoms with E-state index in [4.69, 9.17) is 9.26 Å². The van der Waals surface area contributed by atoms with Crippen molar-refractivity contribution in [3.8, 4) is 17.1 Å². The number of carbonyl (C=O) groups excluding carboxylic acids is 1. The summed E-state index contributed by atoms with van der Waals surface area (Å²) >= 11 is 0. The van der Waals surface area contributed by atoms with E-state index in [0.29, 0.717) is 44.4 Å². The summed E-state index contributed by atoms with van der Waals surface area (Å²) in [6.45, 7) is 2.69. The van der Waals surface area contributed by atoms with E-state index >= 15 is 0 Å². The number of aromatic nitrogens is 2. The highest BCUT2D eigenvalue weighted by Crippen LogP contribution is 2.20. The number of hydrogen-bond donors (Lipinski definition) is 0. The maximum Gasteiger partial charge on any atom is 0.241 e. The summed E-state index contributed by atoms with van der Waals surface area (Å²) in [5.41, 5.74) is 0.839. The second kappa shape index (κ2) is 8.89. The highest BCUT2D eigenvalue weighted by molar-refractivity contribution is 7.88. The zero-order valence-corrected chi connectivity index (χ0v) is 17.6. The first kappa shape index (κ1) is 21.2. The molecule has 0 N–H and O–H groups in total. The second-order valence-corrected chi connectivity index (χ2v) is 9.01. The molecule has 10 nitrogen and oxygen atoms in total. The summed E-state index contributed by atoms with van der Waals surface area (Å²) in [7, 11) is -0.360. The Morgan fingerprint density at radius 3 is 2.45 bits per heavy atom. The zero-order valence-electron chi connectivity index (χ0n) is 16.7. The van der Waals surface area contributed by atoms with E-state index in [1.807, 2.05) is 24.3 Å². The maximum absolute atomic E-state index is 12.3. The number of likely N-dealkylation sites (N-methyl/N-ethyl adjacent to an activating group) is 1. The van der Waals surface area contributed by atoms with E-state index in [9.17, 15) is 13.2 Å². The predicted molar refractivity (Wildman–Crippen MR) is 106 cm³/mol. The van der Waals surface area contributed by atoms with Gasteiger partial charge in [-0.15, -0.1) is 0 Å². The number of rotatable bonds is 7. The number of piperazine rings is 1. The minimum absolute atomic E-state index is 0.145. The Kier molecular flexibility index (Phi) is 6.50. The molecule has 158 valence electrons. The van der Waals surface area contributed by atoms with Gasteiger partial charge in [-0.25, -0.2) is 8.42 Å². The lowest BCUT2D eigenvalue weighted by molar-refractivity contribution is -0.133. The first-order chi connectivity index (χ1) is 13.8. The molecule has 1 aliphatic heterocycles. The number of benzene rings is 1. The Hall–Kier alpha value is -2.50. The van der Waals surface area contributed by atoms with Crippen LogP contribution in [0.4, 0.5) is 0 Å². The molecule has 0 saturated carbocycles. The fourth-order valence-corrected chi connectivity index (χ4v) is 3.28. The van der Waals surface area contributed by atoms with E-state index < -0.39 is 10.0 Å². The van der Waals surface area contributed by atoms with E-state index in [-0.39, 0.29) is 12.5 Å². The normalized spacial score (nSPS) is 15.7. The zero-order chi connectivity index (χ0) is 21.0. The Labute approximate surface area is 170 Å². The van der Waals surface area contributed by atoms with Crippen molar-refractivity contribution in [3.05, 3.63) is 30.2 Å². The highest BCUT2D eigenvalue weighted by Gasteiger charge is 2.25. The van der Waals surface area contributed by atoms with Crippen LogP contribution >= 0.6 is 0 Å². The predicted octanol–water partition coefficient (Wildman–Crippen LogP) is 0.281. The van der Waals surface area contributed by atoms with Crippen LogP contribution < -0.4 is 4.74 Å². The van der Waals surface area contributed by atoms with Crippen LogP contribution in [0.3, 0.4) is 0 Å². The second-order valence-electron chi connectivity index (χ2n) is 6.92. The van der Waals surface area contributed by atoms with Crippen molar-refractivity contribution in [2.24, 2.45) is 0 Å². The smallest absolute Gasteiger partial charge is 0.241 e. The topological polar surface area (TPSA) is 109 Å². The Morgan fingerprint density at radius 2 is 1.86 bits per heavy atom. The molecule has 29 heavy (non-hydrogen) atoms. The number of sulfonamides is 1. The van der Waals surface area contributed by atoms with Gasteiger partial charge in [0.15, 0.2) is 0 Å². The highest BCUT2D eigenvalue weighted by atomic mass is 32.2. The summed E-state index contributed by atoms with van der Waals surface area (Å²) in [6.07, 6.45) is 1.09. The molecule has 0 radical (unpaired) electrons. The van der Waals surface area contributed by atoms with Crippen molar-refractivity contribution in [1.82, 2.24) is 24.2 Å². The largest absolute Gasteiger partial charge is 0.497 e. The fourth-order valence-electron chi connectivity index (χ4n) is 2.93. The van der Waals surface area contributed by atoms with Crippen LogP contribution in [0.15, 0.2) is 28.8 Å². The summed E-state index contributed by atoms with van der Waals surface area (Å²) in [5.74, 6) is 1.58. The minimum atomic E-state index is -3.37. The lowest BCUT2D eigenvalue weighted by Gasteiger charge is -2.34. The van der Waals surface area contributed by atoms with Gasteiger partial charge in [-0.3, -0.25) is 9.69 Å². The molecule has 0 bridgehead atoms. The standard InChI is InChI=1S/C18H25N5O5S/c1-21(29(3,25)26)13-17(24)23-10-8-22(9-11-23)12-16-19-18(20-28-16)14-4-6-15(27-2)7-5-14/h4-7H,8-13H2,1-3H3. The molecule has 0 unspecified atom stereocenters. The van der Waals surface area contributed by atoms with Gasteiger partial charge in [0, 0.05) is 38.8 Å². The lowest BCUT2D eigenvalue weighted by Crippen LogP contribution is -2.51. The molecule has 0 spiro atoms. The summed E-state index contributed by atoms with van der Waals surface area (Å²) in [4.78, 5) is 20.5. The van der Waals surface area contributed by atoms with Crippen LogP contribution in [0.1, 0.15) is 5.89 Å². The number of hydrogen-bond acceptors (Lipinski definition) is 8. The van der Waals surface area contributed by atoms with Crippen LogP contribution in [0, 0.1) is 0 Å². The van der Waals surface area contributed by atoms with Crippen LogP contribution in [0.2, 0.25) is 0 Å². The van der Waals surface area contributed by atoms with Crippen LogP contribution in [-0.4, -0.2) is 91.7 Å². The Bertz CT molecular complexity index is 936. The molecule has 1 saturated heterocycles. The van der Waals surface area contributed by atoms with Gasteiger partial charge in [0.2, 0.25) is 27.6 Å². The first-order valence-corrected chi connectivity index (χ1v) is 11.0. The monoisotopic (exact) mass is 423 g/mol. The maximum atomic E-state index is 12.3. The third-order valence-corrected chi connectivity index (χ3v) is 6.09. The minimum Gasteiger partial charge on any atom is -0.497 e. The van der Waals surface area contributed by atoms with Crippen molar-refractivity contribution in [2.75, 3.05) is 53.1 Å².